The molecular formula is C20H23F2N5. The zero-order valence-electron chi connectivity index (χ0n) is 14.9. The summed E-state index contributed by atoms with van der Waals surface area (Å²) in [4.78, 5) is 10.3. The van der Waals surface area contributed by atoms with Crippen LogP contribution in [0.15, 0.2) is 53.7 Å². The van der Waals surface area contributed by atoms with E-state index >= 15 is 8.78 Å². The monoisotopic (exact) mass is 371 g/mol. The topological polar surface area (TPSA) is 80.5 Å². The van der Waals surface area contributed by atoms with E-state index in [0.29, 0.717) is 24.5 Å². The lowest BCUT2D eigenvalue weighted by Gasteiger charge is -2.49. The van der Waals surface area contributed by atoms with E-state index in [1.54, 1.807) is 23.2 Å². The fourth-order valence-electron chi connectivity index (χ4n) is 4.25. The maximum Gasteiger partial charge on any atom is 0.265 e. The quantitative estimate of drug-likeness (QED) is 0.868. The molecule has 0 bridgehead atoms. The second kappa shape index (κ2) is 6.74. The van der Waals surface area contributed by atoms with Crippen molar-refractivity contribution in [2.24, 2.45) is 22.4 Å². The van der Waals surface area contributed by atoms with Crippen LogP contribution in [0.5, 0.6) is 0 Å². The molecule has 0 saturated carbocycles. The van der Waals surface area contributed by atoms with Gasteiger partial charge >= 0.3 is 0 Å². The molecule has 4 rings (SSSR count). The van der Waals surface area contributed by atoms with Gasteiger partial charge in [0.05, 0.1) is 35.4 Å². The van der Waals surface area contributed by atoms with E-state index in [9.17, 15) is 0 Å². The third-order valence-electron chi connectivity index (χ3n) is 5.63. The first-order chi connectivity index (χ1) is 12.9. The molecule has 7 heteroatoms. The Morgan fingerprint density at radius 2 is 1.93 bits per heavy atom. The molecule has 4 N–H and O–H groups in total. The van der Waals surface area contributed by atoms with Gasteiger partial charge in [-0.1, -0.05) is 30.3 Å². The minimum absolute atomic E-state index is 0.244. The summed E-state index contributed by atoms with van der Waals surface area (Å²) in [6.07, 6.45) is 3.26. The number of hydrogen-bond donors (Lipinski definition) is 2. The molecule has 0 aliphatic carbocycles. The summed E-state index contributed by atoms with van der Waals surface area (Å²) in [6, 6.07) is 12.3. The second-order valence-electron chi connectivity index (χ2n) is 7.41. The van der Waals surface area contributed by atoms with Gasteiger partial charge in [0.15, 0.2) is 0 Å². The molecule has 2 aromatic rings. The standard InChI is InChI=1S/C20H23F2N5/c21-19(22)13-27(12-14-5-2-1-3-6-14)10-8-16(19)20(24)17(23)11-26-15-7-4-9-25-18(15)20/h1-7,9,11,16-17H,8,10,12-13,23-24H2. The van der Waals surface area contributed by atoms with Crippen molar-refractivity contribution in [3.8, 4) is 0 Å². The molecule has 1 fully saturated rings. The van der Waals surface area contributed by atoms with E-state index in [2.05, 4.69) is 9.98 Å². The van der Waals surface area contributed by atoms with E-state index in [-0.39, 0.29) is 13.0 Å². The molecule has 1 aromatic carbocycles. The fraction of sp³-hybridized carbons (Fsp3) is 0.400. The molecule has 0 amide bonds. The molecular weight excluding hydrogens is 348 g/mol. The zero-order chi connectivity index (χ0) is 19.1. The first-order valence-electron chi connectivity index (χ1n) is 9.09. The lowest BCUT2D eigenvalue weighted by molar-refractivity contribution is -0.139. The summed E-state index contributed by atoms with van der Waals surface area (Å²) in [6.45, 7) is 0.667. The van der Waals surface area contributed by atoms with Gasteiger partial charge < -0.3 is 11.5 Å². The van der Waals surface area contributed by atoms with Gasteiger partial charge in [0.2, 0.25) is 0 Å². The van der Waals surface area contributed by atoms with Crippen molar-refractivity contribution < 1.29 is 8.78 Å². The number of pyridine rings is 1. The number of alkyl halides is 2. The molecule has 1 saturated heterocycles. The Bertz CT molecular complexity index is 841. The van der Waals surface area contributed by atoms with Crippen molar-refractivity contribution >= 4 is 11.9 Å². The van der Waals surface area contributed by atoms with Crippen molar-refractivity contribution in [2.45, 2.75) is 30.5 Å². The Morgan fingerprint density at radius 1 is 1.15 bits per heavy atom. The van der Waals surface area contributed by atoms with Gasteiger partial charge in [-0.25, -0.2) is 8.78 Å². The van der Waals surface area contributed by atoms with Crippen molar-refractivity contribution in [2.75, 3.05) is 13.1 Å². The summed E-state index contributed by atoms with van der Waals surface area (Å²) < 4.78 is 30.5. The Kier molecular flexibility index (Phi) is 4.53. The average molecular weight is 371 g/mol. The number of aliphatic imine (C=N–C) groups is 1. The van der Waals surface area contributed by atoms with Crippen molar-refractivity contribution in [3.63, 3.8) is 0 Å². The molecule has 0 radical (unpaired) electrons. The number of benzene rings is 1. The van der Waals surface area contributed by atoms with Crippen LogP contribution in [0.4, 0.5) is 14.5 Å². The Balaban J connectivity index is 1.60. The highest BCUT2D eigenvalue weighted by Gasteiger charge is 2.58. The molecule has 3 atom stereocenters. The Morgan fingerprint density at radius 3 is 2.67 bits per heavy atom. The number of halogens is 2. The van der Waals surface area contributed by atoms with Gasteiger partial charge in [-0.15, -0.1) is 0 Å². The number of hydrogen-bond acceptors (Lipinski definition) is 5. The number of likely N-dealkylation sites (tertiary alicyclic amines) is 1. The van der Waals surface area contributed by atoms with Crippen LogP contribution in [-0.4, -0.2) is 41.2 Å². The van der Waals surface area contributed by atoms with Crippen molar-refractivity contribution in [1.82, 2.24) is 9.88 Å². The van der Waals surface area contributed by atoms with Crippen LogP contribution < -0.4 is 11.5 Å². The van der Waals surface area contributed by atoms with Crippen LogP contribution in [0.25, 0.3) is 0 Å². The number of nitrogens with zero attached hydrogens (tertiary/aromatic N) is 3. The average Bonchev–Trinajstić information content (AvgIpc) is 2.65. The summed E-state index contributed by atoms with van der Waals surface area (Å²) in [5.74, 6) is -4.09. The van der Waals surface area contributed by atoms with Gasteiger partial charge in [0, 0.05) is 19.0 Å². The third-order valence-corrected chi connectivity index (χ3v) is 5.63. The van der Waals surface area contributed by atoms with Gasteiger partial charge in [0.1, 0.15) is 0 Å². The van der Waals surface area contributed by atoms with Crippen LogP contribution >= 0.6 is 0 Å². The highest BCUT2D eigenvalue weighted by atomic mass is 19.3. The minimum Gasteiger partial charge on any atom is -0.321 e. The first-order valence-corrected chi connectivity index (χ1v) is 9.09. The van der Waals surface area contributed by atoms with Gasteiger partial charge in [0.25, 0.3) is 5.92 Å². The van der Waals surface area contributed by atoms with Gasteiger partial charge in [-0.3, -0.25) is 14.9 Å². The van der Waals surface area contributed by atoms with Crippen LogP contribution in [0.1, 0.15) is 17.7 Å². The molecule has 2 aliphatic rings. The lowest BCUT2D eigenvalue weighted by Crippen LogP contribution is -2.66. The molecule has 27 heavy (non-hydrogen) atoms. The lowest BCUT2D eigenvalue weighted by atomic mass is 9.69. The maximum absolute atomic E-state index is 15.3. The highest BCUT2D eigenvalue weighted by Crippen LogP contribution is 2.47. The first kappa shape index (κ1) is 18.2. The molecule has 1 aromatic heterocycles. The summed E-state index contributed by atoms with van der Waals surface area (Å²) in [5, 5.41) is 0. The largest absolute Gasteiger partial charge is 0.321 e. The van der Waals surface area contributed by atoms with E-state index in [0.717, 1.165) is 5.56 Å². The van der Waals surface area contributed by atoms with Gasteiger partial charge in [-0.05, 0) is 30.7 Å². The van der Waals surface area contributed by atoms with Crippen LogP contribution in [0.3, 0.4) is 0 Å². The van der Waals surface area contributed by atoms with Crippen molar-refractivity contribution in [1.29, 1.82) is 0 Å². The second-order valence-corrected chi connectivity index (χ2v) is 7.41. The van der Waals surface area contributed by atoms with Crippen LogP contribution in [0, 0.1) is 5.92 Å². The highest BCUT2D eigenvalue weighted by molar-refractivity contribution is 5.76. The minimum atomic E-state index is -2.99. The molecule has 3 unspecified atom stereocenters. The zero-order valence-corrected chi connectivity index (χ0v) is 14.9. The molecule has 3 heterocycles. The number of piperidine rings is 1. The summed E-state index contributed by atoms with van der Waals surface area (Å²) in [7, 11) is 0. The summed E-state index contributed by atoms with van der Waals surface area (Å²) in [5.41, 5.74) is 13.2. The number of aromatic nitrogens is 1. The third kappa shape index (κ3) is 3.16. The van der Waals surface area contributed by atoms with E-state index in [1.165, 1.54) is 6.21 Å². The molecule has 0 spiro atoms. The molecule has 5 nitrogen and oxygen atoms in total. The predicted octanol–water partition coefficient (Wildman–Crippen LogP) is 2.44. The Labute approximate surface area is 157 Å². The van der Waals surface area contributed by atoms with E-state index in [1.807, 2.05) is 30.3 Å². The molecule has 142 valence electrons. The smallest absolute Gasteiger partial charge is 0.265 e. The van der Waals surface area contributed by atoms with E-state index < -0.39 is 23.4 Å². The van der Waals surface area contributed by atoms with E-state index in [4.69, 9.17) is 11.5 Å². The SMILES string of the molecule is NC1C=Nc2cccnc2C1(N)C1CCN(Cc2ccccc2)CC1(F)F. The number of nitrogens with two attached hydrogens (primary N) is 2. The van der Waals surface area contributed by atoms with Crippen LogP contribution in [0.2, 0.25) is 0 Å². The maximum atomic E-state index is 15.3. The number of rotatable bonds is 3. The molecule has 2 aliphatic heterocycles. The van der Waals surface area contributed by atoms with Crippen molar-refractivity contribution in [3.05, 3.63) is 59.9 Å². The van der Waals surface area contributed by atoms with Gasteiger partial charge in [-0.2, -0.15) is 0 Å². The predicted molar refractivity (Wildman–Crippen MR) is 101 cm³/mol. The normalized spacial score (nSPS) is 30.1. The Hall–Kier alpha value is -2.22. The number of fused-ring (bicyclic) bond motifs is 1. The fourth-order valence-corrected chi connectivity index (χ4v) is 4.25. The van der Waals surface area contributed by atoms with Crippen LogP contribution in [-0.2, 0) is 12.1 Å². The summed E-state index contributed by atoms with van der Waals surface area (Å²) >= 11 is 0.